The summed E-state index contributed by atoms with van der Waals surface area (Å²) < 4.78 is 7.64. The van der Waals surface area contributed by atoms with Gasteiger partial charge in [-0.05, 0) is 42.5 Å². The zero-order valence-corrected chi connectivity index (χ0v) is 12.6. The number of halogens is 1. The van der Waals surface area contributed by atoms with Gasteiger partial charge in [0.1, 0.15) is 5.75 Å². The highest BCUT2D eigenvalue weighted by Crippen LogP contribution is 2.29. The topological polar surface area (TPSA) is 53.7 Å². The minimum absolute atomic E-state index is 0.533. The van der Waals surface area contributed by atoms with Crippen LogP contribution in [0.15, 0.2) is 36.4 Å². The number of rotatable bonds is 2. The van der Waals surface area contributed by atoms with Crippen LogP contribution in [0.2, 0.25) is 5.02 Å². The van der Waals surface area contributed by atoms with E-state index in [0.717, 1.165) is 16.7 Å². The Labute approximate surface area is 131 Å². The Morgan fingerprint density at radius 2 is 2.10 bits per heavy atom. The van der Waals surface area contributed by atoms with Crippen molar-refractivity contribution in [1.82, 2.24) is 9.55 Å². The van der Waals surface area contributed by atoms with E-state index in [1.807, 2.05) is 22.8 Å². The normalized spacial score (nSPS) is 10.5. The van der Waals surface area contributed by atoms with Crippen LogP contribution in [0.4, 0.5) is 0 Å². The molecule has 0 saturated heterocycles. The van der Waals surface area contributed by atoms with Gasteiger partial charge in [0.2, 0.25) is 0 Å². The van der Waals surface area contributed by atoms with E-state index in [1.165, 1.54) is 0 Å². The third-order valence-corrected chi connectivity index (χ3v) is 3.80. The number of hydrogen-bond donors (Lipinski definition) is 1. The van der Waals surface area contributed by atoms with Gasteiger partial charge in [0, 0.05) is 6.07 Å². The van der Waals surface area contributed by atoms with E-state index >= 15 is 0 Å². The number of fused-ring (bicyclic) bond motifs is 1. The summed E-state index contributed by atoms with van der Waals surface area (Å²) in [5.41, 5.74) is 3.10. The standard InChI is InChI=1S/C15H10ClN3OS/c1-20-14-7-10(3-4-11(14)16)19-13-6-9(8-17)2-5-12(13)18-15(19)21/h2-7H,1H3,(H,18,21). The van der Waals surface area contributed by atoms with Gasteiger partial charge < -0.3 is 9.72 Å². The number of hydrogen-bond acceptors (Lipinski definition) is 3. The van der Waals surface area contributed by atoms with Crippen molar-refractivity contribution in [2.75, 3.05) is 7.11 Å². The molecule has 2 aromatic carbocycles. The van der Waals surface area contributed by atoms with Gasteiger partial charge in [0.15, 0.2) is 4.77 Å². The van der Waals surface area contributed by atoms with Gasteiger partial charge in [0.25, 0.3) is 0 Å². The summed E-state index contributed by atoms with van der Waals surface area (Å²) in [6, 6.07) is 12.9. The zero-order valence-electron chi connectivity index (χ0n) is 11.1. The fraction of sp³-hybridized carbons (Fsp3) is 0.0667. The molecular formula is C15H10ClN3OS. The Morgan fingerprint density at radius 3 is 2.81 bits per heavy atom. The molecule has 6 heteroatoms. The van der Waals surface area contributed by atoms with Crippen LogP contribution in [0.5, 0.6) is 5.75 Å². The molecule has 0 atom stereocenters. The van der Waals surface area contributed by atoms with E-state index in [1.54, 1.807) is 25.3 Å². The molecular weight excluding hydrogens is 306 g/mol. The molecule has 104 valence electrons. The van der Waals surface area contributed by atoms with E-state index in [4.69, 9.17) is 33.8 Å². The van der Waals surface area contributed by atoms with Crippen molar-refractivity contribution in [2.45, 2.75) is 0 Å². The second-order valence-corrected chi connectivity index (χ2v) is 5.22. The summed E-state index contributed by atoms with van der Waals surface area (Å²) in [6.07, 6.45) is 0. The number of aromatic amines is 1. The quantitative estimate of drug-likeness (QED) is 0.720. The molecule has 0 aliphatic heterocycles. The molecule has 3 aromatic rings. The fourth-order valence-corrected chi connectivity index (χ4v) is 2.72. The van der Waals surface area contributed by atoms with Crippen molar-refractivity contribution in [1.29, 1.82) is 5.26 Å². The fourth-order valence-electron chi connectivity index (χ4n) is 2.22. The summed E-state index contributed by atoms with van der Waals surface area (Å²) >= 11 is 11.4. The maximum atomic E-state index is 9.05. The zero-order chi connectivity index (χ0) is 15.0. The first-order valence-corrected chi connectivity index (χ1v) is 6.91. The molecule has 3 rings (SSSR count). The summed E-state index contributed by atoms with van der Waals surface area (Å²) in [5, 5.41) is 9.58. The number of aromatic nitrogens is 2. The summed E-state index contributed by atoms with van der Waals surface area (Å²) in [7, 11) is 1.56. The summed E-state index contributed by atoms with van der Waals surface area (Å²) in [5.74, 6) is 0.571. The van der Waals surface area contributed by atoms with Crippen molar-refractivity contribution >= 4 is 34.9 Å². The van der Waals surface area contributed by atoms with Crippen LogP contribution in [0, 0.1) is 16.1 Å². The minimum Gasteiger partial charge on any atom is -0.495 e. The monoisotopic (exact) mass is 315 g/mol. The number of imidazole rings is 1. The van der Waals surface area contributed by atoms with Crippen molar-refractivity contribution in [2.24, 2.45) is 0 Å². The van der Waals surface area contributed by atoms with Gasteiger partial charge in [-0.1, -0.05) is 11.6 Å². The first kappa shape index (κ1) is 13.7. The lowest BCUT2D eigenvalue weighted by atomic mass is 10.2. The maximum absolute atomic E-state index is 9.05. The Bertz CT molecular complexity index is 936. The van der Waals surface area contributed by atoms with Gasteiger partial charge in [-0.25, -0.2) is 0 Å². The lowest BCUT2D eigenvalue weighted by Gasteiger charge is -2.08. The van der Waals surface area contributed by atoms with E-state index in [0.29, 0.717) is 21.1 Å². The lowest BCUT2D eigenvalue weighted by molar-refractivity contribution is 0.415. The highest BCUT2D eigenvalue weighted by atomic mass is 35.5. The first-order valence-electron chi connectivity index (χ1n) is 6.13. The van der Waals surface area contributed by atoms with Crippen LogP contribution in [-0.2, 0) is 0 Å². The van der Waals surface area contributed by atoms with Gasteiger partial charge in [-0.2, -0.15) is 5.26 Å². The minimum atomic E-state index is 0.533. The predicted molar refractivity (Wildman–Crippen MR) is 84.7 cm³/mol. The molecule has 1 aromatic heterocycles. The average Bonchev–Trinajstić information content (AvgIpc) is 2.82. The average molecular weight is 316 g/mol. The van der Waals surface area contributed by atoms with Crippen molar-refractivity contribution in [3.8, 4) is 17.5 Å². The molecule has 0 radical (unpaired) electrons. The van der Waals surface area contributed by atoms with E-state index < -0.39 is 0 Å². The number of benzene rings is 2. The molecule has 1 N–H and O–H groups in total. The summed E-state index contributed by atoms with van der Waals surface area (Å²) in [4.78, 5) is 3.12. The number of nitrogens with zero attached hydrogens (tertiary/aromatic N) is 2. The number of H-pyrrole nitrogens is 1. The molecule has 0 amide bonds. The van der Waals surface area contributed by atoms with Crippen molar-refractivity contribution < 1.29 is 4.74 Å². The second-order valence-electron chi connectivity index (χ2n) is 4.43. The highest BCUT2D eigenvalue weighted by molar-refractivity contribution is 7.71. The van der Waals surface area contributed by atoms with Gasteiger partial charge in [0.05, 0.1) is 40.5 Å². The Hall–Kier alpha value is -2.29. The molecule has 0 unspecified atom stereocenters. The van der Waals surface area contributed by atoms with Crippen LogP contribution in [-0.4, -0.2) is 16.7 Å². The van der Waals surface area contributed by atoms with Crippen molar-refractivity contribution in [3.05, 3.63) is 51.8 Å². The van der Waals surface area contributed by atoms with E-state index in [9.17, 15) is 0 Å². The Kier molecular flexibility index (Phi) is 3.42. The van der Waals surface area contributed by atoms with Gasteiger partial charge >= 0.3 is 0 Å². The molecule has 0 aliphatic carbocycles. The SMILES string of the molecule is COc1cc(-n2c(=S)[nH]c3ccc(C#N)cc32)ccc1Cl. The van der Waals surface area contributed by atoms with E-state index in [-0.39, 0.29) is 0 Å². The van der Waals surface area contributed by atoms with Crippen LogP contribution in [0.1, 0.15) is 5.56 Å². The smallest absolute Gasteiger partial charge is 0.182 e. The number of methoxy groups -OCH3 is 1. The maximum Gasteiger partial charge on any atom is 0.182 e. The molecule has 0 bridgehead atoms. The largest absolute Gasteiger partial charge is 0.495 e. The molecule has 0 fully saturated rings. The molecule has 21 heavy (non-hydrogen) atoms. The molecule has 1 heterocycles. The van der Waals surface area contributed by atoms with Crippen LogP contribution in [0.3, 0.4) is 0 Å². The third-order valence-electron chi connectivity index (χ3n) is 3.21. The molecule has 0 spiro atoms. The number of nitriles is 1. The van der Waals surface area contributed by atoms with Crippen LogP contribution in [0.25, 0.3) is 16.7 Å². The number of ether oxygens (including phenoxy) is 1. The van der Waals surface area contributed by atoms with E-state index in [2.05, 4.69) is 11.1 Å². The van der Waals surface area contributed by atoms with Crippen LogP contribution < -0.4 is 4.74 Å². The molecule has 4 nitrogen and oxygen atoms in total. The van der Waals surface area contributed by atoms with Crippen molar-refractivity contribution in [3.63, 3.8) is 0 Å². The predicted octanol–water partition coefficient (Wildman–Crippen LogP) is 4.22. The Balaban J connectivity index is 2.32. The highest BCUT2D eigenvalue weighted by Gasteiger charge is 2.10. The number of nitrogens with one attached hydrogen (secondary N) is 1. The Morgan fingerprint density at radius 1 is 1.29 bits per heavy atom. The first-order chi connectivity index (χ1) is 10.1. The summed E-state index contributed by atoms with van der Waals surface area (Å²) in [6.45, 7) is 0. The lowest BCUT2D eigenvalue weighted by Crippen LogP contribution is -1.95. The third kappa shape index (κ3) is 2.29. The second kappa shape index (κ2) is 5.24. The van der Waals surface area contributed by atoms with Gasteiger partial charge in [-0.15, -0.1) is 0 Å². The van der Waals surface area contributed by atoms with Crippen LogP contribution >= 0.6 is 23.8 Å². The molecule has 0 saturated carbocycles. The van der Waals surface area contributed by atoms with Gasteiger partial charge in [-0.3, -0.25) is 4.57 Å². The molecule has 0 aliphatic rings.